The third kappa shape index (κ3) is 5.73. The van der Waals surface area contributed by atoms with E-state index in [2.05, 4.69) is 11.4 Å². The van der Waals surface area contributed by atoms with Crippen molar-refractivity contribution >= 4 is 5.91 Å². The van der Waals surface area contributed by atoms with Crippen LogP contribution in [0.5, 0.6) is 5.75 Å². The van der Waals surface area contributed by atoms with E-state index in [-0.39, 0.29) is 5.91 Å². The molecule has 0 aliphatic heterocycles. The Balaban J connectivity index is 2.74. The molecule has 0 saturated heterocycles. The Kier molecular flexibility index (Phi) is 7.19. The number of methoxy groups -OCH3 is 1. The van der Waals surface area contributed by atoms with Gasteiger partial charge < -0.3 is 19.7 Å². The van der Waals surface area contributed by atoms with Crippen molar-refractivity contribution in [2.45, 2.75) is 26.5 Å². The number of aryl methyl sites for hydroxylation is 1. The highest BCUT2D eigenvalue weighted by Crippen LogP contribution is 2.21. The molecule has 0 heterocycles. The summed E-state index contributed by atoms with van der Waals surface area (Å²) in [5.41, 5.74) is 2.21. The van der Waals surface area contributed by atoms with Gasteiger partial charge in [-0.15, -0.1) is 0 Å². The molecule has 1 aromatic carbocycles. The summed E-state index contributed by atoms with van der Waals surface area (Å²) < 4.78 is 10.8. The quantitative estimate of drug-likeness (QED) is 0.740. The number of benzene rings is 1. The molecule has 0 aliphatic rings. The topological polar surface area (TPSA) is 50.8 Å². The molecule has 0 aromatic heterocycles. The van der Waals surface area contributed by atoms with Crippen LogP contribution in [0.2, 0.25) is 0 Å². The van der Waals surface area contributed by atoms with Crippen LogP contribution in [0, 0.1) is 6.92 Å². The van der Waals surface area contributed by atoms with Gasteiger partial charge in [-0.2, -0.15) is 0 Å². The van der Waals surface area contributed by atoms with Gasteiger partial charge in [0.15, 0.2) is 6.10 Å². The van der Waals surface area contributed by atoms with E-state index in [0.717, 1.165) is 23.4 Å². The molecule has 0 aliphatic carbocycles. The van der Waals surface area contributed by atoms with Gasteiger partial charge in [-0.3, -0.25) is 4.79 Å². The van der Waals surface area contributed by atoms with Crippen LogP contribution in [0.1, 0.15) is 18.1 Å². The van der Waals surface area contributed by atoms with Gasteiger partial charge in [0.25, 0.3) is 5.91 Å². The van der Waals surface area contributed by atoms with Gasteiger partial charge in [-0.05, 0) is 19.9 Å². The van der Waals surface area contributed by atoms with Gasteiger partial charge in [0.05, 0.1) is 6.61 Å². The summed E-state index contributed by atoms with van der Waals surface area (Å²) in [6.07, 6.45) is -0.500. The van der Waals surface area contributed by atoms with Crippen molar-refractivity contribution in [3.8, 4) is 5.75 Å². The zero-order valence-corrected chi connectivity index (χ0v) is 13.6. The van der Waals surface area contributed by atoms with Crippen LogP contribution in [-0.2, 0) is 16.1 Å². The van der Waals surface area contributed by atoms with E-state index in [1.165, 1.54) is 4.90 Å². The number of nitrogens with one attached hydrogen (secondary N) is 1. The Morgan fingerprint density at radius 3 is 2.71 bits per heavy atom. The maximum Gasteiger partial charge on any atom is 0.262 e. The molecule has 1 N–H and O–H groups in total. The zero-order valence-electron chi connectivity index (χ0n) is 13.6. The molecule has 1 unspecified atom stereocenters. The molecule has 21 heavy (non-hydrogen) atoms. The Labute approximate surface area is 127 Å². The molecular weight excluding hydrogens is 268 g/mol. The second-order valence-corrected chi connectivity index (χ2v) is 5.27. The van der Waals surface area contributed by atoms with E-state index in [4.69, 9.17) is 9.47 Å². The highest BCUT2D eigenvalue weighted by Gasteiger charge is 2.17. The fourth-order valence-corrected chi connectivity index (χ4v) is 1.96. The molecule has 1 rings (SSSR count). The minimum atomic E-state index is -0.500. The van der Waals surface area contributed by atoms with Gasteiger partial charge >= 0.3 is 0 Å². The Morgan fingerprint density at radius 1 is 1.38 bits per heavy atom. The van der Waals surface area contributed by atoms with E-state index in [1.54, 1.807) is 28.1 Å². The van der Waals surface area contributed by atoms with Crippen molar-refractivity contribution in [1.82, 2.24) is 10.2 Å². The molecule has 118 valence electrons. The number of carbonyl (C=O) groups is 1. The molecule has 0 radical (unpaired) electrons. The van der Waals surface area contributed by atoms with Crippen molar-refractivity contribution in [2.75, 3.05) is 34.4 Å². The van der Waals surface area contributed by atoms with E-state index in [0.29, 0.717) is 13.2 Å². The largest absolute Gasteiger partial charge is 0.481 e. The fourth-order valence-electron chi connectivity index (χ4n) is 1.96. The normalized spacial score (nSPS) is 12.0. The lowest BCUT2D eigenvalue weighted by molar-refractivity contribution is -0.135. The van der Waals surface area contributed by atoms with Crippen molar-refractivity contribution in [3.05, 3.63) is 29.3 Å². The van der Waals surface area contributed by atoms with Crippen LogP contribution in [0.4, 0.5) is 0 Å². The predicted molar refractivity (Wildman–Crippen MR) is 83.5 cm³/mol. The van der Waals surface area contributed by atoms with E-state index >= 15 is 0 Å². The second kappa shape index (κ2) is 8.64. The first-order valence-corrected chi connectivity index (χ1v) is 7.12. The van der Waals surface area contributed by atoms with E-state index in [9.17, 15) is 4.79 Å². The number of ether oxygens (including phenoxy) is 2. The minimum absolute atomic E-state index is 0.0473. The molecule has 0 spiro atoms. The first kappa shape index (κ1) is 17.5. The number of hydrogen-bond donors (Lipinski definition) is 1. The van der Waals surface area contributed by atoms with Crippen LogP contribution in [0.15, 0.2) is 18.2 Å². The summed E-state index contributed by atoms with van der Waals surface area (Å²) in [6.45, 7) is 5.93. The fraction of sp³-hybridized carbons (Fsp3) is 0.562. The molecule has 5 nitrogen and oxygen atoms in total. The summed E-state index contributed by atoms with van der Waals surface area (Å²) >= 11 is 0. The Hall–Kier alpha value is -1.59. The molecule has 1 atom stereocenters. The van der Waals surface area contributed by atoms with Crippen LogP contribution in [0.25, 0.3) is 0 Å². The highest BCUT2D eigenvalue weighted by molar-refractivity contribution is 5.80. The SMILES string of the molecule is COCCNCc1cc(C)ccc1OC(C)C(=O)N(C)C. The maximum absolute atomic E-state index is 11.9. The number of rotatable bonds is 8. The van der Waals surface area contributed by atoms with Crippen molar-refractivity contribution in [3.63, 3.8) is 0 Å². The molecule has 1 aromatic rings. The lowest BCUT2D eigenvalue weighted by Crippen LogP contribution is -2.35. The summed E-state index contributed by atoms with van der Waals surface area (Å²) in [5, 5.41) is 3.30. The van der Waals surface area contributed by atoms with Crippen LogP contribution in [0.3, 0.4) is 0 Å². The number of carbonyl (C=O) groups excluding carboxylic acids is 1. The Bertz CT molecular complexity index is 461. The van der Waals surface area contributed by atoms with Crippen LogP contribution >= 0.6 is 0 Å². The molecule has 0 saturated carbocycles. The molecule has 1 amide bonds. The van der Waals surface area contributed by atoms with Gasteiger partial charge in [0.2, 0.25) is 0 Å². The number of nitrogens with zero attached hydrogens (tertiary/aromatic N) is 1. The minimum Gasteiger partial charge on any atom is -0.481 e. The van der Waals surface area contributed by atoms with Crippen LogP contribution in [-0.4, -0.2) is 51.3 Å². The van der Waals surface area contributed by atoms with Crippen molar-refractivity contribution in [2.24, 2.45) is 0 Å². The third-order valence-corrected chi connectivity index (χ3v) is 3.11. The average molecular weight is 294 g/mol. The highest BCUT2D eigenvalue weighted by atomic mass is 16.5. The molecular formula is C16H26N2O3. The number of amides is 1. The van der Waals surface area contributed by atoms with Crippen LogP contribution < -0.4 is 10.1 Å². The first-order valence-electron chi connectivity index (χ1n) is 7.12. The summed E-state index contributed by atoms with van der Waals surface area (Å²) in [5.74, 6) is 0.696. The lowest BCUT2D eigenvalue weighted by atomic mass is 10.1. The van der Waals surface area contributed by atoms with Gasteiger partial charge in [0.1, 0.15) is 5.75 Å². The molecule has 0 fully saturated rings. The number of hydrogen-bond acceptors (Lipinski definition) is 4. The van der Waals surface area contributed by atoms with E-state index < -0.39 is 6.10 Å². The first-order chi connectivity index (χ1) is 9.95. The standard InChI is InChI=1S/C16H26N2O3/c1-12-6-7-15(21-13(2)16(19)18(3)4)14(10-12)11-17-8-9-20-5/h6-7,10,13,17H,8-9,11H2,1-5H3. The monoisotopic (exact) mass is 294 g/mol. The molecule has 5 heteroatoms. The second-order valence-electron chi connectivity index (χ2n) is 5.27. The zero-order chi connectivity index (χ0) is 15.8. The predicted octanol–water partition coefficient (Wildman–Crippen LogP) is 1.59. The summed E-state index contributed by atoms with van der Waals surface area (Å²) in [6, 6.07) is 5.98. The maximum atomic E-state index is 11.9. The third-order valence-electron chi connectivity index (χ3n) is 3.11. The molecule has 0 bridgehead atoms. The average Bonchev–Trinajstić information content (AvgIpc) is 2.45. The van der Waals surface area contributed by atoms with Gasteiger partial charge in [-0.25, -0.2) is 0 Å². The Morgan fingerprint density at radius 2 is 2.10 bits per heavy atom. The number of likely N-dealkylation sites (N-methyl/N-ethyl adjacent to an activating group) is 1. The van der Waals surface area contributed by atoms with Gasteiger partial charge in [0, 0.05) is 39.9 Å². The summed E-state index contributed by atoms with van der Waals surface area (Å²) in [7, 11) is 5.13. The smallest absolute Gasteiger partial charge is 0.262 e. The van der Waals surface area contributed by atoms with E-state index in [1.807, 2.05) is 19.1 Å². The van der Waals surface area contributed by atoms with Crippen molar-refractivity contribution in [1.29, 1.82) is 0 Å². The lowest BCUT2D eigenvalue weighted by Gasteiger charge is -2.20. The van der Waals surface area contributed by atoms with Crippen molar-refractivity contribution < 1.29 is 14.3 Å². The van der Waals surface area contributed by atoms with Gasteiger partial charge in [-0.1, -0.05) is 17.7 Å². The summed E-state index contributed by atoms with van der Waals surface area (Å²) in [4.78, 5) is 13.4.